The van der Waals surface area contributed by atoms with Gasteiger partial charge in [0.15, 0.2) is 0 Å². The number of aryl methyl sites for hydroxylation is 2. The van der Waals surface area contributed by atoms with Crippen molar-refractivity contribution in [3.05, 3.63) is 139 Å². The van der Waals surface area contributed by atoms with Crippen molar-refractivity contribution in [3.8, 4) is 22.8 Å². The Balaban J connectivity index is 1.32. The Labute approximate surface area is 253 Å². The summed E-state index contributed by atoms with van der Waals surface area (Å²) < 4.78 is 4.56. The summed E-state index contributed by atoms with van der Waals surface area (Å²) in [6, 6.07) is 45.9. The molecule has 44 heavy (non-hydrogen) atoms. The van der Waals surface area contributed by atoms with Gasteiger partial charge in [0.25, 0.3) is 0 Å². The van der Waals surface area contributed by atoms with Crippen LogP contribution in [0.5, 0.6) is 0 Å². The molecule has 9 rings (SSSR count). The maximum Gasteiger partial charge on any atom is 0.238 e. The highest BCUT2D eigenvalue weighted by Crippen LogP contribution is 2.39. The fourth-order valence-corrected chi connectivity index (χ4v) is 6.89. The normalized spacial score (nSPS) is 11.9. The minimum atomic E-state index is 0.641. The number of nitrogens with zero attached hydrogens (tertiary/aromatic N) is 5. The number of hydrogen-bond acceptors (Lipinski definition) is 3. The number of aromatic nitrogens is 5. The zero-order valence-electron chi connectivity index (χ0n) is 24.4. The molecule has 3 aromatic heterocycles. The summed E-state index contributed by atoms with van der Waals surface area (Å²) in [6.07, 6.45) is 0. The second kappa shape index (κ2) is 9.35. The minimum absolute atomic E-state index is 0.641. The second-order valence-electron chi connectivity index (χ2n) is 11.4. The van der Waals surface area contributed by atoms with Crippen molar-refractivity contribution in [2.75, 3.05) is 0 Å². The van der Waals surface area contributed by atoms with Gasteiger partial charge in [-0.15, -0.1) is 0 Å². The second-order valence-corrected chi connectivity index (χ2v) is 11.4. The molecule has 5 heteroatoms. The molecule has 0 fully saturated rings. The molecule has 208 valence electrons. The van der Waals surface area contributed by atoms with Crippen LogP contribution in [0.25, 0.3) is 77.1 Å². The van der Waals surface area contributed by atoms with Crippen LogP contribution in [0.1, 0.15) is 11.6 Å². The molecule has 0 unspecified atom stereocenters. The van der Waals surface area contributed by atoms with Crippen molar-refractivity contribution in [2.24, 2.45) is 0 Å². The largest absolute Gasteiger partial charge is 0.309 e. The predicted molar refractivity (Wildman–Crippen MR) is 181 cm³/mol. The molecular formula is C39H27N5. The molecule has 0 N–H and O–H groups in total. The van der Waals surface area contributed by atoms with Gasteiger partial charge in [-0.3, -0.25) is 4.57 Å². The van der Waals surface area contributed by atoms with Gasteiger partial charge in [0.1, 0.15) is 11.6 Å². The van der Waals surface area contributed by atoms with Gasteiger partial charge in [0.05, 0.1) is 22.1 Å². The molecule has 5 nitrogen and oxygen atoms in total. The fraction of sp³-hybridized carbons (Fsp3) is 0.0513. The average Bonchev–Trinajstić information content (AvgIpc) is 3.55. The van der Waals surface area contributed by atoms with Crippen LogP contribution in [-0.2, 0) is 0 Å². The van der Waals surface area contributed by atoms with Gasteiger partial charge < -0.3 is 4.57 Å². The summed E-state index contributed by atoms with van der Waals surface area (Å²) in [5.41, 5.74) is 8.03. The smallest absolute Gasteiger partial charge is 0.238 e. The molecule has 0 bridgehead atoms. The first-order valence-corrected chi connectivity index (χ1v) is 14.9. The lowest BCUT2D eigenvalue weighted by Gasteiger charge is -2.11. The van der Waals surface area contributed by atoms with Crippen LogP contribution in [0.15, 0.2) is 127 Å². The quantitative estimate of drug-likeness (QED) is 0.214. The number of para-hydroxylation sites is 2. The van der Waals surface area contributed by atoms with E-state index in [0.717, 1.165) is 22.2 Å². The highest BCUT2D eigenvalue weighted by atomic mass is 15.2. The van der Waals surface area contributed by atoms with Gasteiger partial charge >= 0.3 is 0 Å². The van der Waals surface area contributed by atoms with Crippen molar-refractivity contribution < 1.29 is 0 Å². The molecule has 0 aliphatic carbocycles. The highest BCUT2D eigenvalue weighted by Gasteiger charge is 2.19. The van der Waals surface area contributed by atoms with E-state index in [4.69, 9.17) is 9.97 Å². The van der Waals surface area contributed by atoms with Crippen molar-refractivity contribution in [2.45, 2.75) is 13.8 Å². The molecule has 0 spiro atoms. The third kappa shape index (κ3) is 3.62. The lowest BCUT2D eigenvalue weighted by Crippen LogP contribution is -2.06. The van der Waals surface area contributed by atoms with Crippen molar-refractivity contribution in [1.82, 2.24) is 24.1 Å². The van der Waals surface area contributed by atoms with Gasteiger partial charge in [-0.1, -0.05) is 91.0 Å². The zero-order chi connectivity index (χ0) is 29.4. The summed E-state index contributed by atoms with van der Waals surface area (Å²) in [7, 11) is 0. The Kier molecular flexibility index (Phi) is 5.26. The van der Waals surface area contributed by atoms with Gasteiger partial charge in [-0.25, -0.2) is 4.98 Å². The van der Waals surface area contributed by atoms with Gasteiger partial charge in [-0.2, -0.15) is 9.97 Å². The van der Waals surface area contributed by atoms with Crippen LogP contribution in [-0.4, -0.2) is 24.1 Å². The van der Waals surface area contributed by atoms with Crippen LogP contribution in [0.4, 0.5) is 0 Å². The Morgan fingerprint density at radius 2 is 1.00 bits per heavy atom. The lowest BCUT2D eigenvalue weighted by atomic mass is 9.98. The highest BCUT2D eigenvalue weighted by molar-refractivity contribution is 6.19. The molecule has 9 aromatic rings. The van der Waals surface area contributed by atoms with Crippen molar-refractivity contribution in [1.29, 1.82) is 0 Å². The van der Waals surface area contributed by atoms with Gasteiger partial charge in [-0.05, 0) is 72.1 Å². The van der Waals surface area contributed by atoms with Crippen LogP contribution >= 0.6 is 0 Å². The van der Waals surface area contributed by atoms with E-state index in [0.29, 0.717) is 17.6 Å². The Morgan fingerprint density at radius 3 is 1.70 bits per heavy atom. The van der Waals surface area contributed by atoms with Crippen molar-refractivity contribution in [3.63, 3.8) is 0 Å². The van der Waals surface area contributed by atoms with E-state index in [9.17, 15) is 0 Å². The van der Waals surface area contributed by atoms with E-state index in [2.05, 4.69) is 142 Å². The summed E-state index contributed by atoms with van der Waals surface area (Å²) in [5, 5.41) is 7.32. The Hall–Kier alpha value is -5.81. The van der Waals surface area contributed by atoms with Gasteiger partial charge in [0.2, 0.25) is 5.95 Å². The van der Waals surface area contributed by atoms with Crippen LogP contribution in [0, 0.1) is 13.8 Å². The molecule has 6 aromatic carbocycles. The molecule has 3 heterocycles. The van der Waals surface area contributed by atoms with E-state index < -0.39 is 0 Å². The maximum atomic E-state index is 4.77. The van der Waals surface area contributed by atoms with E-state index in [1.165, 1.54) is 49.0 Å². The topological polar surface area (TPSA) is 48.5 Å². The molecule has 0 atom stereocenters. The Bertz CT molecular complexity index is 2540. The van der Waals surface area contributed by atoms with E-state index in [1.54, 1.807) is 0 Å². The predicted octanol–water partition coefficient (Wildman–Crippen LogP) is 9.50. The molecule has 0 saturated carbocycles. The van der Waals surface area contributed by atoms with Crippen LogP contribution in [0.2, 0.25) is 0 Å². The van der Waals surface area contributed by atoms with Crippen molar-refractivity contribution >= 4 is 54.4 Å². The van der Waals surface area contributed by atoms with Gasteiger partial charge in [0, 0.05) is 27.2 Å². The van der Waals surface area contributed by atoms with E-state index in [1.807, 2.05) is 13.8 Å². The zero-order valence-corrected chi connectivity index (χ0v) is 24.4. The molecule has 0 radical (unpaired) electrons. The molecule has 0 amide bonds. The summed E-state index contributed by atoms with van der Waals surface area (Å²) in [5.74, 6) is 2.06. The average molecular weight is 566 g/mol. The number of rotatable bonds is 3. The van der Waals surface area contributed by atoms with E-state index >= 15 is 0 Å². The number of hydrogen-bond donors (Lipinski definition) is 0. The van der Waals surface area contributed by atoms with Crippen LogP contribution in [0.3, 0.4) is 0 Å². The lowest BCUT2D eigenvalue weighted by molar-refractivity contribution is 0.864. The Morgan fingerprint density at radius 1 is 0.432 bits per heavy atom. The minimum Gasteiger partial charge on any atom is -0.309 e. The summed E-state index contributed by atoms with van der Waals surface area (Å²) >= 11 is 0. The first-order chi connectivity index (χ1) is 21.6. The monoisotopic (exact) mass is 565 g/mol. The SMILES string of the molecule is Cc1nc(C)nc(-n2c3ccccc3c3cc4c5ccccc5n(-c5ccc(-c6cccc7ccccc67)cc5)c4cc32)n1. The standard InChI is InChI=1S/C39H27N5/c1-24-40-25(2)42-39(41-24)44-36-17-8-6-14-32(36)34-22-33-31-13-5-7-16-35(31)43(37(33)23-38(34)44)28-20-18-27(19-21-28)30-15-9-11-26-10-3-4-12-29(26)30/h3-23H,1-2H3. The summed E-state index contributed by atoms with van der Waals surface area (Å²) in [4.78, 5) is 14.0. The molecular weight excluding hydrogens is 538 g/mol. The van der Waals surface area contributed by atoms with E-state index in [-0.39, 0.29) is 0 Å². The molecule has 0 saturated heterocycles. The molecule has 0 aliphatic rings. The number of fused-ring (bicyclic) bond motifs is 7. The third-order valence-corrected chi connectivity index (χ3v) is 8.74. The first-order valence-electron chi connectivity index (χ1n) is 14.9. The number of benzene rings is 6. The fourth-order valence-electron chi connectivity index (χ4n) is 6.89. The molecule has 0 aliphatic heterocycles. The van der Waals surface area contributed by atoms with Crippen LogP contribution < -0.4 is 0 Å². The first kappa shape index (κ1) is 24.8. The maximum absolute atomic E-state index is 4.77. The third-order valence-electron chi connectivity index (χ3n) is 8.74. The summed E-state index contributed by atoms with van der Waals surface area (Å²) in [6.45, 7) is 3.84.